The van der Waals surface area contributed by atoms with Crippen molar-refractivity contribution in [3.05, 3.63) is 35.4 Å². The third kappa shape index (κ3) is 2.30. The van der Waals surface area contributed by atoms with Gasteiger partial charge in [0.15, 0.2) is 0 Å². The zero-order valence-corrected chi connectivity index (χ0v) is 9.72. The van der Waals surface area contributed by atoms with Crippen molar-refractivity contribution in [2.24, 2.45) is 5.16 Å². The molecule has 1 unspecified atom stereocenters. The maximum Gasteiger partial charge on any atom is 0.306 e. The van der Waals surface area contributed by atoms with Gasteiger partial charge in [0.25, 0.3) is 0 Å². The number of carbonyl (C=O) groups is 1. The van der Waals surface area contributed by atoms with Crippen molar-refractivity contribution in [2.45, 2.75) is 25.7 Å². The summed E-state index contributed by atoms with van der Waals surface area (Å²) in [5.74, 6) is -0.398. The number of carbonyl (C=O) groups excluding carboxylic acids is 1. The molecule has 90 valence electrons. The first kappa shape index (κ1) is 11.6. The molecule has 1 aliphatic rings. The van der Waals surface area contributed by atoms with Crippen molar-refractivity contribution >= 4 is 11.7 Å². The molecule has 0 saturated heterocycles. The summed E-state index contributed by atoms with van der Waals surface area (Å²) in [5, 5.41) is 12.3. The van der Waals surface area contributed by atoms with E-state index in [0.29, 0.717) is 18.7 Å². The number of ether oxygens (including phenoxy) is 1. The van der Waals surface area contributed by atoms with E-state index >= 15 is 0 Å². The van der Waals surface area contributed by atoms with Crippen LogP contribution in [0.5, 0.6) is 0 Å². The minimum atomic E-state index is -0.254. The van der Waals surface area contributed by atoms with Crippen molar-refractivity contribution in [1.29, 1.82) is 0 Å². The van der Waals surface area contributed by atoms with Crippen LogP contribution < -0.4 is 0 Å². The van der Waals surface area contributed by atoms with E-state index in [0.717, 1.165) is 11.1 Å². The molecular weight excluding hydrogens is 218 g/mol. The maximum atomic E-state index is 11.5. The number of benzene rings is 1. The zero-order chi connectivity index (χ0) is 12.3. The lowest BCUT2D eigenvalue weighted by Gasteiger charge is -2.10. The Morgan fingerprint density at radius 2 is 2.29 bits per heavy atom. The largest absolute Gasteiger partial charge is 0.466 e. The Labute approximate surface area is 99.9 Å². The van der Waals surface area contributed by atoms with Gasteiger partial charge in [0.2, 0.25) is 0 Å². The number of fused-ring (bicyclic) bond motifs is 1. The van der Waals surface area contributed by atoms with Crippen LogP contribution in [-0.4, -0.2) is 23.5 Å². The predicted octanol–water partition coefficient (Wildman–Crippen LogP) is 2.11. The Balaban J connectivity index is 2.22. The summed E-state index contributed by atoms with van der Waals surface area (Å²) in [6, 6.07) is 7.83. The molecule has 0 heterocycles. The molecule has 4 heteroatoms. The normalized spacial score (nSPS) is 20.3. The number of rotatable bonds is 3. The molecule has 2 rings (SSSR count). The van der Waals surface area contributed by atoms with E-state index in [1.165, 1.54) is 0 Å². The van der Waals surface area contributed by atoms with E-state index < -0.39 is 0 Å². The van der Waals surface area contributed by atoms with Gasteiger partial charge in [-0.05, 0) is 18.1 Å². The van der Waals surface area contributed by atoms with Crippen molar-refractivity contribution in [3.8, 4) is 0 Å². The highest BCUT2D eigenvalue weighted by molar-refractivity contribution is 5.99. The van der Waals surface area contributed by atoms with Gasteiger partial charge in [-0.25, -0.2) is 0 Å². The van der Waals surface area contributed by atoms with Gasteiger partial charge in [0, 0.05) is 12.3 Å². The summed E-state index contributed by atoms with van der Waals surface area (Å²) < 4.78 is 4.94. The second-order valence-corrected chi connectivity index (χ2v) is 4.03. The minimum Gasteiger partial charge on any atom is -0.466 e. The van der Waals surface area contributed by atoms with Crippen LogP contribution in [-0.2, 0) is 16.0 Å². The second kappa shape index (κ2) is 4.99. The lowest BCUT2D eigenvalue weighted by atomic mass is 9.97. The highest BCUT2D eigenvalue weighted by atomic mass is 16.5. The van der Waals surface area contributed by atoms with Crippen LogP contribution in [0.2, 0.25) is 0 Å². The van der Waals surface area contributed by atoms with E-state index in [1.807, 2.05) is 24.3 Å². The molecule has 0 radical (unpaired) electrons. The summed E-state index contributed by atoms with van der Waals surface area (Å²) in [7, 11) is 0. The van der Waals surface area contributed by atoms with Crippen LogP contribution in [0.15, 0.2) is 29.4 Å². The minimum absolute atomic E-state index is 0.143. The molecule has 1 aromatic rings. The highest BCUT2D eigenvalue weighted by Gasteiger charge is 2.31. The summed E-state index contributed by atoms with van der Waals surface area (Å²) >= 11 is 0. The van der Waals surface area contributed by atoms with Gasteiger partial charge < -0.3 is 9.94 Å². The average Bonchev–Trinajstić information content (AvgIpc) is 2.68. The Morgan fingerprint density at radius 3 is 3.00 bits per heavy atom. The summed E-state index contributed by atoms with van der Waals surface area (Å²) in [4.78, 5) is 11.5. The van der Waals surface area contributed by atoms with E-state index in [9.17, 15) is 4.79 Å². The number of hydrogen-bond acceptors (Lipinski definition) is 4. The van der Waals surface area contributed by atoms with Gasteiger partial charge in [-0.1, -0.05) is 29.4 Å². The fourth-order valence-corrected chi connectivity index (χ4v) is 2.25. The van der Waals surface area contributed by atoms with Crippen molar-refractivity contribution in [1.82, 2.24) is 0 Å². The van der Waals surface area contributed by atoms with E-state index in [-0.39, 0.29) is 18.3 Å². The quantitative estimate of drug-likeness (QED) is 0.494. The monoisotopic (exact) mass is 233 g/mol. The van der Waals surface area contributed by atoms with Gasteiger partial charge in [0.05, 0.1) is 18.7 Å². The molecule has 1 atom stereocenters. The molecule has 4 nitrogen and oxygen atoms in total. The maximum absolute atomic E-state index is 11.5. The van der Waals surface area contributed by atoms with Crippen LogP contribution in [0.3, 0.4) is 0 Å². The second-order valence-electron chi connectivity index (χ2n) is 4.03. The molecule has 17 heavy (non-hydrogen) atoms. The van der Waals surface area contributed by atoms with Crippen molar-refractivity contribution in [2.75, 3.05) is 6.61 Å². The zero-order valence-electron chi connectivity index (χ0n) is 9.72. The molecule has 1 N–H and O–H groups in total. The Kier molecular flexibility index (Phi) is 3.42. The van der Waals surface area contributed by atoms with Crippen LogP contribution in [0, 0.1) is 0 Å². The third-order valence-corrected chi connectivity index (χ3v) is 3.01. The molecule has 0 fully saturated rings. The number of nitrogens with zero attached hydrogens (tertiary/aromatic N) is 1. The first-order valence-corrected chi connectivity index (χ1v) is 5.70. The molecule has 0 amide bonds. The van der Waals surface area contributed by atoms with Crippen LogP contribution in [0.1, 0.15) is 30.4 Å². The third-order valence-electron chi connectivity index (χ3n) is 3.01. The molecule has 1 aliphatic carbocycles. The van der Waals surface area contributed by atoms with E-state index in [4.69, 9.17) is 9.94 Å². The Bertz CT molecular complexity index is 454. The SMILES string of the molecule is CCOC(=O)CC1C(=NO)Cc2ccccc21. The van der Waals surface area contributed by atoms with E-state index in [2.05, 4.69) is 5.16 Å². The average molecular weight is 233 g/mol. The standard InChI is InChI=1S/C13H15NO3/c1-2-17-13(15)8-11-10-6-4-3-5-9(10)7-12(11)14-16/h3-6,11,16H,2,7-8H2,1H3. The topological polar surface area (TPSA) is 58.9 Å². The van der Waals surface area contributed by atoms with Gasteiger partial charge >= 0.3 is 5.97 Å². The van der Waals surface area contributed by atoms with E-state index in [1.54, 1.807) is 6.92 Å². The van der Waals surface area contributed by atoms with Crippen LogP contribution in [0.25, 0.3) is 0 Å². The summed E-state index contributed by atoms with van der Waals surface area (Å²) in [6.07, 6.45) is 0.848. The summed E-state index contributed by atoms with van der Waals surface area (Å²) in [6.45, 7) is 2.15. The number of oxime groups is 1. The number of esters is 1. The molecule has 0 bridgehead atoms. The molecule has 0 saturated carbocycles. The lowest BCUT2D eigenvalue weighted by Crippen LogP contribution is -2.14. The molecule has 1 aromatic carbocycles. The first-order valence-electron chi connectivity index (χ1n) is 5.70. The lowest BCUT2D eigenvalue weighted by molar-refractivity contribution is -0.143. The predicted molar refractivity (Wildman–Crippen MR) is 63.4 cm³/mol. The van der Waals surface area contributed by atoms with Crippen LogP contribution >= 0.6 is 0 Å². The van der Waals surface area contributed by atoms with Gasteiger partial charge in [-0.2, -0.15) is 0 Å². The Morgan fingerprint density at radius 1 is 1.53 bits per heavy atom. The Hall–Kier alpha value is -1.84. The van der Waals surface area contributed by atoms with Crippen molar-refractivity contribution < 1.29 is 14.7 Å². The first-order chi connectivity index (χ1) is 8.26. The van der Waals surface area contributed by atoms with Crippen LogP contribution in [0.4, 0.5) is 0 Å². The van der Waals surface area contributed by atoms with Gasteiger partial charge in [-0.15, -0.1) is 0 Å². The smallest absolute Gasteiger partial charge is 0.306 e. The van der Waals surface area contributed by atoms with Gasteiger partial charge in [-0.3, -0.25) is 4.79 Å². The fraction of sp³-hybridized carbons (Fsp3) is 0.385. The summed E-state index contributed by atoms with van der Waals surface area (Å²) in [5.41, 5.74) is 2.82. The van der Waals surface area contributed by atoms with Gasteiger partial charge in [0.1, 0.15) is 0 Å². The molecular formula is C13H15NO3. The number of hydrogen-bond donors (Lipinski definition) is 1. The van der Waals surface area contributed by atoms with Crippen molar-refractivity contribution in [3.63, 3.8) is 0 Å². The fourth-order valence-electron chi connectivity index (χ4n) is 2.25. The molecule has 0 aromatic heterocycles. The molecule has 0 spiro atoms. The highest BCUT2D eigenvalue weighted by Crippen LogP contribution is 2.33. The molecule has 0 aliphatic heterocycles.